The van der Waals surface area contributed by atoms with Crippen LogP contribution in [0.3, 0.4) is 0 Å². The van der Waals surface area contributed by atoms with E-state index in [1.54, 1.807) is 0 Å². The number of fused-ring (bicyclic) bond motifs is 1. The maximum absolute atomic E-state index is 6.08. The molecule has 170 valence electrons. The minimum atomic E-state index is 0.104. The van der Waals surface area contributed by atoms with Crippen LogP contribution in [0.25, 0.3) is 11.3 Å². The van der Waals surface area contributed by atoms with Gasteiger partial charge in [-0.25, -0.2) is 4.98 Å². The molecule has 2 aliphatic rings. The van der Waals surface area contributed by atoms with E-state index in [2.05, 4.69) is 52.0 Å². The van der Waals surface area contributed by atoms with Gasteiger partial charge in [0.25, 0.3) is 0 Å². The molecule has 0 amide bonds. The molecule has 0 aliphatic carbocycles. The van der Waals surface area contributed by atoms with Crippen molar-refractivity contribution in [3.8, 4) is 17.0 Å². The SMILES string of the molecule is CC(C)Oc1ccccc1-c1cc2c(c(Nc3ccc(C4CCNCC4)cc3)n1)CN=CC2. The van der Waals surface area contributed by atoms with Crippen LogP contribution in [0.5, 0.6) is 5.75 Å². The van der Waals surface area contributed by atoms with Crippen LogP contribution in [0.1, 0.15) is 49.3 Å². The van der Waals surface area contributed by atoms with Gasteiger partial charge in [-0.1, -0.05) is 24.3 Å². The summed E-state index contributed by atoms with van der Waals surface area (Å²) in [6.45, 7) is 6.97. The van der Waals surface area contributed by atoms with E-state index >= 15 is 0 Å². The predicted octanol–water partition coefficient (Wildman–Crippen LogP) is 5.87. The van der Waals surface area contributed by atoms with Crippen LogP contribution in [0.2, 0.25) is 0 Å². The summed E-state index contributed by atoms with van der Waals surface area (Å²) in [6, 6.07) is 19.2. The van der Waals surface area contributed by atoms with Crippen LogP contribution in [0.4, 0.5) is 11.5 Å². The van der Waals surface area contributed by atoms with Gasteiger partial charge >= 0.3 is 0 Å². The summed E-state index contributed by atoms with van der Waals surface area (Å²) < 4.78 is 6.08. The molecular formula is C28H32N4O. The standard InChI is InChI=1S/C28H32N4O/c1-19(2)33-27-6-4-3-5-24(27)26-17-22-13-16-30-18-25(22)28(32-26)31-23-9-7-20(8-10-23)21-11-14-29-15-12-21/h3-10,16-17,19,21,29H,11-15,18H2,1-2H3,(H,31,32). The van der Waals surface area contributed by atoms with Crippen molar-refractivity contribution in [1.82, 2.24) is 10.3 Å². The molecule has 2 aromatic carbocycles. The van der Waals surface area contributed by atoms with E-state index in [0.29, 0.717) is 12.5 Å². The van der Waals surface area contributed by atoms with Gasteiger partial charge in [0, 0.05) is 29.4 Å². The fourth-order valence-corrected chi connectivity index (χ4v) is 4.71. The maximum Gasteiger partial charge on any atom is 0.136 e. The fourth-order valence-electron chi connectivity index (χ4n) is 4.71. The Kier molecular flexibility index (Phi) is 6.40. The summed E-state index contributed by atoms with van der Waals surface area (Å²) in [5.41, 5.74) is 6.86. The lowest BCUT2D eigenvalue weighted by molar-refractivity contribution is 0.243. The first-order chi connectivity index (χ1) is 16.2. The van der Waals surface area contributed by atoms with Crippen molar-refractivity contribution in [2.24, 2.45) is 4.99 Å². The van der Waals surface area contributed by atoms with Crippen LogP contribution in [-0.2, 0) is 13.0 Å². The average molecular weight is 441 g/mol. The molecule has 2 aliphatic heterocycles. The number of hydrogen-bond donors (Lipinski definition) is 2. The number of aliphatic imine (C=N–C) groups is 1. The number of benzene rings is 2. The number of nitrogens with one attached hydrogen (secondary N) is 2. The Morgan fingerprint density at radius 3 is 2.61 bits per heavy atom. The van der Waals surface area contributed by atoms with E-state index in [1.807, 2.05) is 38.3 Å². The molecule has 5 heteroatoms. The number of rotatable bonds is 6. The summed E-state index contributed by atoms with van der Waals surface area (Å²) in [4.78, 5) is 9.58. The highest BCUT2D eigenvalue weighted by atomic mass is 16.5. The number of pyridine rings is 1. The molecule has 5 rings (SSSR count). The number of ether oxygens (including phenoxy) is 1. The van der Waals surface area contributed by atoms with Gasteiger partial charge in [-0.2, -0.15) is 0 Å². The lowest BCUT2D eigenvalue weighted by atomic mass is 9.90. The topological polar surface area (TPSA) is 58.5 Å². The Balaban J connectivity index is 1.47. The lowest BCUT2D eigenvalue weighted by Gasteiger charge is -2.23. The smallest absolute Gasteiger partial charge is 0.136 e. The van der Waals surface area contributed by atoms with Gasteiger partial charge in [0.2, 0.25) is 0 Å². The van der Waals surface area contributed by atoms with Crippen molar-refractivity contribution in [1.29, 1.82) is 0 Å². The molecule has 3 heterocycles. The molecule has 1 fully saturated rings. The molecule has 3 aromatic rings. The molecule has 0 spiro atoms. The minimum Gasteiger partial charge on any atom is -0.490 e. The van der Waals surface area contributed by atoms with Crippen LogP contribution in [-0.4, -0.2) is 30.4 Å². The largest absolute Gasteiger partial charge is 0.490 e. The van der Waals surface area contributed by atoms with Gasteiger partial charge in [0.15, 0.2) is 0 Å². The average Bonchev–Trinajstić information content (AvgIpc) is 2.85. The summed E-state index contributed by atoms with van der Waals surface area (Å²) in [6.07, 6.45) is 5.34. The summed E-state index contributed by atoms with van der Waals surface area (Å²) in [7, 11) is 0. The minimum absolute atomic E-state index is 0.104. The van der Waals surface area contributed by atoms with E-state index in [1.165, 1.54) is 29.5 Å². The maximum atomic E-state index is 6.08. The Labute approximate surface area is 196 Å². The van der Waals surface area contributed by atoms with E-state index in [0.717, 1.165) is 48.0 Å². The third kappa shape index (κ3) is 4.93. The summed E-state index contributed by atoms with van der Waals surface area (Å²) >= 11 is 0. The summed E-state index contributed by atoms with van der Waals surface area (Å²) in [5.74, 6) is 2.40. The molecule has 0 radical (unpaired) electrons. The van der Waals surface area contributed by atoms with Crippen molar-refractivity contribution in [2.45, 2.75) is 51.7 Å². The molecule has 0 bridgehead atoms. The number of hydrogen-bond acceptors (Lipinski definition) is 5. The molecule has 0 unspecified atom stereocenters. The second kappa shape index (κ2) is 9.75. The molecule has 33 heavy (non-hydrogen) atoms. The van der Waals surface area contributed by atoms with Crippen LogP contribution in [0, 0.1) is 0 Å². The number of anilines is 2. The van der Waals surface area contributed by atoms with Crippen LogP contribution in [0.15, 0.2) is 59.6 Å². The molecular weight excluding hydrogens is 408 g/mol. The zero-order valence-electron chi connectivity index (χ0n) is 19.5. The van der Waals surface area contributed by atoms with Gasteiger partial charge in [0.05, 0.1) is 18.3 Å². The first kappa shape index (κ1) is 21.7. The first-order valence-corrected chi connectivity index (χ1v) is 12.0. The second-order valence-electron chi connectivity index (χ2n) is 9.16. The number of piperidine rings is 1. The molecule has 1 saturated heterocycles. The number of nitrogens with zero attached hydrogens (tertiary/aromatic N) is 2. The van der Waals surface area contributed by atoms with Gasteiger partial charge in [-0.15, -0.1) is 0 Å². The third-order valence-corrected chi connectivity index (χ3v) is 6.42. The highest BCUT2D eigenvalue weighted by molar-refractivity contribution is 5.76. The van der Waals surface area contributed by atoms with Gasteiger partial charge in [-0.3, -0.25) is 4.99 Å². The highest BCUT2D eigenvalue weighted by Crippen LogP contribution is 2.35. The van der Waals surface area contributed by atoms with Crippen LogP contribution < -0.4 is 15.4 Å². The van der Waals surface area contributed by atoms with Crippen molar-refractivity contribution in [3.05, 3.63) is 71.3 Å². The Hall–Kier alpha value is -3.18. The molecule has 2 N–H and O–H groups in total. The predicted molar refractivity (Wildman–Crippen MR) is 136 cm³/mol. The highest BCUT2D eigenvalue weighted by Gasteiger charge is 2.19. The fraction of sp³-hybridized carbons (Fsp3) is 0.357. The Bertz CT molecular complexity index is 1130. The van der Waals surface area contributed by atoms with Crippen LogP contribution >= 0.6 is 0 Å². The zero-order valence-corrected chi connectivity index (χ0v) is 19.5. The normalized spacial score (nSPS) is 16.0. The van der Waals surface area contributed by atoms with Gasteiger partial charge in [-0.05, 0) is 87.2 Å². The van der Waals surface area contributed by atoms with Crippen molar-refractivity contribution in [2.75, 3.05) is 18.4 Å². The lowest BCUT2D eigenvalue weighted by Crippen LogP contribution is -2.26. The Morgan fingerprint density at radius 2 is 1.82 bits per heavy atom. The summed E-state index contributed by atoms with van der Waals surface area (Å²) in [5, 5.41) is 7.04. The molecule has 0 atom stereocenters. The van der Waals surface area contributed by atoms with E-state index in [-0.39, 0.29) is 6.10 Å². The number of aromatic nitrogens is 1. The quantitative estimate of drug-likeness (QED) is 0.503. The molecule has 1 aromatic heterocycles. The van der Waals surface area contributed by atoms with Gasteiger partial charge in [0.1, 0.15) is 11.6 Å². The second-order valence-corrected chi connectivity index (χ2v) is 9.16. The van der Waals surface area contributed by atoms with E-state index in [4.69, 9.17) is 9.72 Å². The third-order valence-electron chi connectivity index (χ3n) is 6.42. The van der Waals surface area contributed by atoms with Crippen molar-refractivity contribution >= 4 is 17.7 Å². The van der Waals surface area contributed by atoms with E-state index < -0.39 is 0 Å². The zero-order chi connectivity index (χ0) is 22.6. The Morgan fingerprint density at radius 1 is 1.03 bits per heavy atom. The first-order valence-electron chi connectivity index (χ1n) is 12.0. The monoisotopic (exact) mass is 440 g/mol. The molecule has 5 nitrogen and oxygen atoms in total. The van der Waals surface area contributed by atoms with Crippen molar-refractivity contribution in [3.63, 3.8) is 0 Å². The number of para-hydroxylation sites is 1. The van der Waals surface area contributed by atoms with Crippen molar-refractivity contribution < 1.29 is 4.74 Å². The van der Waals surface area contributed by atoms with Gasteiger partial charge < -0.3 is 15.4 Å². The molecule has 0 saturated carbocycles. The van der Waals surface area contributed by atoms with E-state index in [9.17, 15) is 0 Å².